The molecule has 0 spiro atoms. The molecule has 6 heteroatoms. The molecule has 0 aromatic rings. The van der Waals surface area contributed by atoms with Crippen molar-refractivity contribution in [2.45, 2.75) is 6.42 Å². The van der Waals surface area contributed by atoms with Crippen LogP contribution in [0.3, 0.4) is 0 Å². The van der Waals surface area contributed by atoms with Gasteiger partial charge in [0.05, 0.1) is 13.1 Å². The molecule has 0 amide bonds. The lowest BCUT2D eigenvalue weighted by Crippen LogP contribution is -2.35. The molecule has 2 N–H and O–H groups in total. The number of carbonyl (C=O) groups is 2. The fourth-order valence-corrected chi connectivity index (χ4v) is 1.03. The van der Waals surface area contributed by atoms with Gasteiger partial charge in [-0.25, -0.2) is 0 Å². The molecule has 0 unspecified atom stereocenters. The zero-order valence-electron chi connectivity index (χ0n) is 8.10. The molecule has 0 aliphatic carbocycles. The molecule has 0 radical (unpaired) electrons. The molecule has 14 heavy (non-hydrogen) atoms. The zero-order valence-corrected chi connectivity index (χ0v) is 8.10. The second kappa shape index (κ2) is 7.28. The van der Waals surface area contributed by atoms with Crippen molar-refractivity contribution in [3.05, 3.63) is 0 Å². The Kier molecular flexibility index (Phi) is 6.69. The third-order valence-corrected chi connectivity index (χ3v) is 1.54. The Morgan fingerprint density at radius 1 is 1.21 bits per heavy atom. The van der Waals surface area contributed by atoms with Crippen molar-refractivity contribution >= 4 is 11.9 Å². The minimum Gasteiger partial charge on any atom is -0.480 e. The minimum absolute atomic E-state index is 0.254. The minimum atomic E-state index is -1.02. The summed E-state index contributed by atoms with van der Waals surface area (Å²) in [5.74, 6) is -2.05. The molecule has 0 aliphatic rings. The average Bonchev–Trinajstić information content (AvgIpc) is 2.02. The molecule has 0 saturated heterocycles. The quantitative estimate of drug-likeness (QED) is 0.519. The zero-order chi connectivity index (χ0) is 11.0. The van der Waals surface area contributed by atoms with Crippen molar-refractivity contribution in [3.63, 3.8) is 0 Å². The monoisotopic (exact) mass is 205 g/mol. The van der Waals surface area contributed by atoms with Gasteiger partial charge in [-0.15, -0.1) is 0 Å². The van der Waals surface area contributed by atoms with Crippen LogP contribution < -0.4 is 0 Å². The van der Waals surface area contributed by atoms with E-state index in [1.165, 1.54) is 4.90 Å². The van der Waals surface area contributed by atoms with Gasteiger partial charge in [-0.1, -0.05) is 0 Å². The molecule has 0 aromatic heterocycles. The molecule has 0 aliphatic heterocycles. The van der Waals surface area contributed by atoms with Crippen molar-refractivity contribution in [3.8, 4) is 0 Å². The van der Waals surface area contributed by atoms with Gasteiger partial charge in [0.2, 0.25) is 0 Å². The van der Waals surface area contributed by atoms with Crippen LogP contribution >= 0.6 is 0 Å². The van der Waals surface area contributed by atoms with E-state index in [2.05, 4.69) is 0 Å². The maximum absolute atomic E-state index is 10.4. The fourth-order valence-electron chi connectivity index (χ4n) is 1.03. The number of carboxylic acids is 2. The van der Waals surface area contributed by atoms with Gasteiger partial charge in [0.25, 0.3) is 0 Å². The summed E-state index contributed by atoms with van der Waals surface area (Å²) in [6.07, 6.45) is 0.622. The first-order valence-corrected chi connectivity index (χ1v) is 4.21. The highest BCUT2D eigenvalue weighted by molar-refractivity contribution is 5.72. The van der Waals surface area contributed by atoms with Crippen molar-refractivity contribution in [1.82, 2.24) is 4.90 Å². The van der Waals surface area contributed by atoms with Crippen molar-refractivity contribution in [1.29, 1.82) is 0 Å². The van der Waals surface area contributed by atoms with E-state index in [9.17, 15) is 9.59 Å². The Morgan fingerprint density at radius 2 is 1.71 bits per heavy atom. The summed E-state index contributed by atoms with van der Waals surface area (Å²) in [7, 11) is 1.54. The molecular formula is C8H15NO5. The van der Waals surface area contributed by atoms with E-state index in [4.69, 9.17) is 14.9 Å². The highest BCUT2D eigenvalue weighted by Crippen LogP contribution is 1.92. The van der Waals surface area contributed by atoms with Crippen LogP contribution in [0.1, 0.15) is 6.42 Å². The number of hydrogen-bond acceptors (Lipinski definition) is 4. The summed E-state index contributed by atoms with van der Waals surface area (Å²) in [6, 6.07) is 0. The number of aliphatic carboxylic acids is 2. The number of nitrogens with zero attached hydrogens (tertiary/aromatic N) is 1. The molecular weight excluding hydrogens is 190 g/mol. The molecule has 0 rings (SSSR count). The lowest BCUT2D eigenvalue weighted by Gasteiger charge is -2.17. The summed E-state index contributed by atoms with van der Waals surface area (Å²) in [5, 5.41) is 17.0. The lowest BCUT2D eigenvalue weighted by molar-refractivity contribution is -0.141. The van der Waals surface area contributed by atoms with Crippen molar-refractivity contribution in [2.75, 3.05) is 33.4 Å². The molecule has 0 aromatic carbocycles. The summed E-state index contributed by atoms with van der Waals surface area (Å²) in [4.78, 5) is 22.1. The highest BCUT2D eigenvalue weighted by atomic mass is 16.5. The highest BCUT2D eigenvalue weighted by Gasteiger charge is 2.12. The smallest absolute Gasteiger partial charge is 0.317 e. The van der Waals surface area contributed by atoms with Gasteiger partial charge in [0.1, 0.15) is 0 Å². The van der Waals surface area contributed by atoms with E-state index in [-0.39, 0.29) is 13.1 Å². The van der Waals surface area contributed by atoms with Gasteiger partial charge in [-0.05, 0) is 6.42 Å². The SMILES string of the molecule is COCCCN(CC(=O)O)CC(=O)O. The number of hydrogen-bond donors (Lipinski definition) is 2. The van der Waals surface area contributed by atoms with Crippen LogP contribution in [0, 0.1) is 0 Å². The van der Waals surface area contributed by atoms with Gasteiger partial charge in [0.15, 0.2) is 0 Å². The third-order valence-electron chi connectivity index (χ3n) is 1.54. The average molecular weight is 205 g/mol. The van der Waals surface area contributed by atoms with E-state index in [0.717, 1.165) is 0 Å². The molecule has 82 valence electrons. The Balaban J connectivity index is 3.84. The van der Waals surface area contributed by atoms with Gasteiger partial charge in [-0.3, -0.25) is 14.5 Å². The number of carboxylic acid groups (broad SMARTS) is 2. The molecule has 0 heterocycles. The Hall–Kier alpha value is -1.14. The Labute approximate surface area is 82.1 Å². The molecule has 0 fully saturated rings. The topological polar surface area (TPSA) is 87.1 Å². The first-order chi connectivity index (χ1) is 6.56. The number of methoxy groups -OCH3 is 1. The fraction of sp³-hybridized carbons (Fsp3) is 0.750. The summed E-state index contributed by atoms with van der Waals surface area (Å²) >= 11 is 0. The standard InChI is InChI=1S/C8H15NO5/c1-14-4-2-3-9(5-7(10)11)6-8(12)13/h2-6H2,1H3,(H,10,11)(H,12,13). The maximum atomic E-state index is 10.4. The van der Waals surface area contributed by atoms with Crippen LogP contribution in [0.4, 0.5) is 0 Å². The molecule has 6 nitrogen and oxygen atoms in total. The van der Waals surface area contributed by atoms with Crippen molar-refractivity contribution < 1.29 is 24.5 Å². The van der Waals surface area contributed by atoms with Gasteiger partial charge >= 0.3 is 11.9 Å². The van der Waals surface area contributed by atoms with E-state index in [1.54, 1.807) is 7.11 Å². The van der Waals surface area contributed by atoms with E-state index in [1.807, 2.05) is 0 Å². The number of ether oxygens (including phenoxy) is 1. The third kappa shape index (κ3) is 7.51. The first-order valence-electron chi connectivity index (χ1n) is 4.21. The van der Waals surface area contributed by atoms with Crippen LogP contribution in [-0.4, -0.2) is 60.4 Å². The second-order valence-corrected chi connectivity index (χ2v) is 2.84. The molecule has 0 bridgehead atoms. The van der Waals surface area contributed by atoms with Gasteiger partial charge in [0, 0.05) is 20.3 Å². The normalized spacial score (nSPS) is 10.4. The van der Waals surface area contributed by atoms with E-state index >= 15 is 0 Å². The summed E-state index contributed by atoms with van der Waals surface area (Å²) < 4.78 is 4.78. The van der Waals surface area contributed by atoms with E-state index < -0.39 is 11.9 Å². The number of rotatable bonds is 8. The van der Waals surface area contributed by atoms with Crippen molar-refractivity contribution in [2.24, 2.45) is 0 Å². The van der Waals surface area contributed by atoms with Crippen LogP contribution in [0.15, 0.2) is 0 Å². The van der Waals surface area contributed by atoms with Gasteiger partial charge < -0.3 is 14.9 Å². The van der Waals surface area contributed by atoms with Crippen LogP contribution in [0.25, 0.3) is 0 Å². The lowest BCUT2D eigenvalue weighted by atomic mass is 10.3. The predicted molar refractivity (Wildman–Crippen MR) is 48.2 cm³/mol. The van der Waals surface area contributed by atoms with Crippen LogP contribution in [0.2, 0.25) is 0 Å². The van der Waals surface area contributed by atoms with Crippen LogP contribution in [0.5, 0.6) is 0 Å². The van der Waals surface area contributed by atoms with Gasteiger partial charge in [-0.2, -0.15) is 0 Å². The molecule has 0 atom stereocenters. The van der Waals surface area contributed by atoms with E-state index in [0.29, 0.717) is 19.6 Å². The second-order valence-electron chi connectivity index (χ2n) is 2.84. The molecule has 0 saturated carbocycles. The largest absolute Gasteiger partial charge is 0.480 e. The Bertz CT molecular complexity index is 178. The Morgan fingerprint density at radius 3 is 2.07 bits per heavy atom. The summed E-state index contributed by atoms with van der Waals surface area (Å²) in [6.45, 7) is 0.397. The predicted octanol–water partition coefficient (Wildman–Crippen LogP) is -0.506. The first kappa shape index (κ1) is 12.9. The van der Waals surface area contributed by atoms with Crippen LogP contribution in [-0.2, 0) is 14.3 Å². The summed E-state index contributed by atoms with van der Waals surface area (Å²) in [5.41, 5.74) is 0. The maximum Gasteiger partial charge on any atom is 0.317 e.